The molecule has 109 valence electrons. The average Bonchev–Trinajstić information content (AvgIpc) is 2.54. The van der Waals surface area contributed by atoms with Crippen LogP contribution in [0.1, 0.15) is 11.1 Å². The molecule has 0 amide bonds. The van der Waals surface area contributed by atoms with Gasteiger partial charge in [-0.25, -0.2) is 9.65 Å². The van der Waals surface area contributed by atoms with Crippen LogP contribution in [0.5, 0.6) is 0 Å². The minimum absolute atomic E-state index is 0. The Morgan fingerprint density at radius 1 is 0.909 bits per heavy atom. The zero-order chi connectivity index (χ0) is 15.0. The zero-order valence-corrected chi connectivity index (χ0v) is 15.2. The van der Waals surface area contributed by atoms with Crippen molar-refractivity contribution in [2.24, 2.45) is 0 Å². The van der Waals surface area contributed by atoms with Crippen molar-refractivity contribution >= 4 is 37.3 Å². The van der Waals surface area contributed by atoms with E-state index in [2.05, 4.69) is 5.09 Å². The van der Waals surface area contributed by atoms with E-state index >= 15 is 0 Å². The van der Waals surface area contributed by atoms with E-state index < -0.39 is 7.75 Å². The van der Waals surface area contributed by atoms with Crippen molar-refractivity contribution in [2.45, 2.75) is 13.2 Å². The van der Waals surface area contributed by atoms with Crippen LogP contribution in [0, 0.1) is 11.5 Å². The first kappa shape index (κ1) is 18.9. The molecule has 0 atom stereocenters. The molecule has 2 rings (SSSR count). The molecule has 0 bridgehead atoms. The molecule has 2 aromatic carbocycles. The monoisotopic (exact) mass is 325 g/mol. The number of nitriles is 1. The van der Waals surface area contributed by atoms with Gasteiger partial charge in [0.05, 0.1) is 13.2 Å². The smallest absolute Gasteiger partial charge is 0.287 e. The molecule has 1 N–H and O–H groups in total. The summed E-state index contributed by atoms with van der Waals surface area (Å²) in [6, 6.07) is 18.5. The van der Waals surface area contributed by atoms with Gasteiger partial charge >= 0.3 is 7.75 Å². The van der Waals surface area contributed by atoms with Crippen molar-refractivity contribution in [2.75, 3.05) is 0 Å². The van der Waals surface area contributed by atoms with E-state index in [1.165, 1.54) is 0 Å². The van der Waals surface area contributed by atoms with Crippen molar-refractivity contribution in [3.05, 3.63) is 71.8 Å². The number of hydrogen-bond donors (Lipinski definition) is 1. The first-order valence-electron chi connectivity index (χ1n) is 6.35. The molecule has 0 saturated carbocycles. The molecule has 0 aromatic heterocycles. The van der Waals surface area contributed by atoms with Crippen LogP contribution in [0.3, 0.4) is 0 Å². The Hall–Kier alpha value is -1.12. The first-order valence-corrected chi connectivity index (χ1v) is 7.89. The van der Waals surface area contributed by atoms with Gasteiger partial charge in [0.1, 0.15) is 0 Å². The fourth-order valence-corrected chi connectivity index (χ4v) is 2.59. The van der Waals surface area contributed by atoms with Gasteiger partial charge in [0.2, 0.25) is 0 Å². The standard InChI is InChI=1S/C15H15N2O3P.Na/c16-13-17-21(18,19-11-14-7-3-1-4-8-14)20-12-15-9-5-2-6-10-15;/h1-10H,11-12H2,(H,17,18);. The molecule has 0 unspecified atom stereocenters. The Bertz CT molecular complexity index is 599. The van der Waals surface area contributed by atoms with Crippen LogP contribution in [-0.4, -0.2) is 29.6 Å². The molecule has 1 radical (unpaired) electrons. The molecule has 0 heterocycles. The zero-order valence-electron chi connectivity index (χ0n) is 12.3. The molecule has 5 nitrogen and oxygen atoms in total. The predicted molar refractivity (Wildman–Crippen MR) is 84.6 cm³/mol. The SMILES string of the molecule is N#CNP(=O)(OCc1ccccc1)OCc1ccccc1.[Na]. The van der Waals surface area contributed by atoms with Gasteiger partial charge in [-0.1, -0.05) is 60.7 Å². The van der Waals surface area contributed by atoms with Gasteiger partial charge in [-0.2, -0.15) is 5.26 Å². The van der Waals surface area contributed by atoms with E-state index in [1.807, 2.05) is 60.7 Å². The van der Waals surface area contributed by atoms with Crippen molar-refractivity contribution in [1.29, 1.82) is 5.26 Å². The summed E-state index contributed by atoms with van der Waals surface area (Å²) in [6.07, 6.45) is 1.62. The van der Waals surface area contributed by atoms with Crippen LogP contribution in [0.15, 0.2) is 60.7 Å². The van der Waals surface area contributed by atoms with Gasteiger partial charge in [-0.3, -0.25) is 9.05 Å². The van der Waals surface area contributed by atoms with Gasteiger partial charge in [-0.15, -0.1) is 0 Å². The third kappa shape index (κ3) is 6.33. The normalized spacial score (nSPS) is 10.3. The van der Waals surface area contributed by atoms with Gasteiger partial charge < -0.3 is 0 Å². The molecule has 7 heteroatoms. The first-order chi connectivity index (χ1) is 10.2. The molecule has 22 heavy (non-hydrogen) atoms. The number of benzene rings is 2. The molecule has 0 spiro atoms. The minimum Gasteiger partial charge on any atom is -0.287 e. The Morgan fingerprint density at radius 3 is 1.68 bits per heavy atom. The van der Waals surface area contributed by atoms with Crippen LogP contribution in [0.4, 0.5) is 0 Å². The number of rotatable bonds is 7. The van der Waals surface area contributed by atoms with E-state index in [9.17, 15) is 4.57 Å². The Kier molecular flexibility index (Phi) is 8.44. The Morgan fingerprint density at radius 2 is 1.32 bits per heavy atom. The van der Waals surface area contributed by atoms with Gasteiger partial charge in [0.15, 0.2) is 6.19 Å². The minimum atomic E-state index is -3.66. The van der Waals surface area contributed by atoms with Crippen LogP contribution in [-0.2, 0) is 26.8 Å². The number of hydrogen-bond acceptors (Lipinski definition) is 4. The van der Waals surface area contributed by atoms with Crippen LogP contribution < -0.4 is 5.09 Å². The van der Waals surface area contributed by atoms with E-state index in [-0.39, 0.29) is 42.8 Å². The second-order valence-corrected chi connectivity index (χ2v) is 5.97. The summed E-state index contributed by atoms with van der Waals surface area (Å²) in [7, 11) is -3.66. The quantitative estimate of drug-likeness (QED) is 0.366. The maximum Gasteiger partial charge on any atom is 0.441 e. The van der Waals surface area contributed by atoms with Crippen molar-refractivity contribution in [3.63, 3.8) is 0 Å². The average molecular weight is 325 g/mol. The van der Waals surface area contributed by atoms with Crippen LogP contribution in [0.25, 0.3) is 0 Å². The molecular formula is C15H15N2NaO3P. The summed E-state index contributed by atoms with van der Waals surface area (Å²) >= 11 is 0. The van der Waals surface area contributed by atoms with E-state index in [4.69, 9.17) is 14.3 Å². The third-order valence-corrected chi connectivity index (χ3v) is 3.99. The molecule has 0 aliphatic carbocycles. The summed E-state index contributed by atoms with van der Waals surface area (Å²) in [6.45, 7) is 0.198. The largest absolute Gasteiger partial charge is 0.441 e. The predicted octanol–water partition coefficient (Wildman–Crippen LogP) is 3.22. The maximum absolute atomic E-state index is 12.4. The Labute approximate surface area is 152 Å². The molecule has 0 saturated heterocycles. The van der Waals surface area contributed by atoms with E-state index in [0.717, 1.165) is 11.1 Å². The molecular weight excluding hydrogens is 310 g/mol. The second-order valence-electron chi connectivity index (χ2n) is 4.24. The summed E-state index contributed by atoms with van der Waals surface area (Å²) in [5, 5.41) is 10.8. The number of nitrogens with zero attached hydrogens (tertiary/aromatic N) is 1. The van der Waals surface area contributed by atoms with Crippen LogP contribution in [0.2, 0.25) is 0 Å². The summed E-state index contributed by atoms with van der Waals surface area (Å²) in [5.41, 5.74) is 1.70. The van der Waals surface area contributed by atoms with E-state index in [0.29, 0.717) is 0 Å². The maximum atomic E-state index is 12.4. The van der Waals surface area contributed by atoms with Gasteiger partial charge in [-0.05, 0) is 11.1 Å². The van der Waals surface area contributed by atoms with Crippen molar-refractivity contribution in [3.8, 4) is 6.19 Å². The Balaban J connectivity index is 0.00000242. The fourth-order valence-electron chi connectivity index (χ4n) is 1.63. The van der Waals surface area contributed by atoms with Gasteiger partial charge in [0.25, 0.3) is 0 Å². The summed E-state index contributed by atoms with van der Waals surface area (Å²) in [4.78, 5) is 0. The molecule has 2 aromatic rings. The van der Waals surface area contributed by atoms with Gasteiger partial charge in [0, 0.05) is 29.6 Å². The van der Waals surface area contributed by atoms with E-state index in [1.54, 1.807) is 6.19 Å². The topological polar surface area (TPSA) is 71.4 Å². The molecule has 0 fully saturated rings. The summed E-state index contributed by atoms with van der Waals surface area (Å²) < 4.78 is 22.9. The van der Waals surface area contributed by atoms with Crippen molar-refractivity contribution in [1.82, 2.24) is 5.09 Å². The third-order valence-electron chi connectivity index (χ3n) is 2.67. The van der Waals surface area contributed by atoms with Crippen LogP contribution >= 0.6 is 7.75 Å². The number of nitrogens with one attached hydrogen (secondary N) is 1. The summed E-state index contributed by atoms with van der Waals surface area (Å²) in [5.74, 6) is 0. The fraction of sp³-hybridized carbons (Fsp3) is 0.133. The second kappa shape index (κ2) is 9.81. The molecule has 0 aliphatic heterocycles. The molecule has 0 aliphatic rings. The van der Waals surface area contributed by atoms with Crippen molar-refractivity contribution < 1.29 is 13.6 Å².